The highest BCUT2D eigenvalue weighted by molar-refractivity contribution is 5.85. The van der Waals surface area contributed by atoms with Crippen LogP contribution >= 0.6 is 0 Å². The summed E-state index contributed by atoms with van der Waals surface area (Å²) in [7, 11) is 0. The van der Waals surface area contributed by atoms with Crippen LogP contribution in [0.4, 0.5) is 4.79 Å². The lowest BCUT2D eigenvalue weighted by Gasteiger charge is -2.36. The molecule has 1 saturated carbocycles. The number of benzene rings is 1. The minimum absolute atomic E-state index is 0.00845. The third kappa shape index (κ3) is 4.43. The van der Waals surface area contributed by atoms with Gasteiger partial charge in [0.2, 0.25) is 5.91 Å². The molecule has 2 fully saturated rings. The molecule has 0 unspecified atom stereocenters. The largest absolute Gasteiger partial charge is 0.444 e. The van der Waals surface area contributed by atoms with Crippen LogP contribution in [0, 0.1) is 11.3 Å². The summed E-state index contributed by atoms with van der Waals surface area (Å²) in [6, 6.07) is 9.80. The van der Waals surface area contributed by atoms with Gasteiger partial charge in [-0.25, -0.2) is 4.79 Å². The van der Waals surface area contributed by atoms with Gasteiger partial charge in [0, 0.05) is 18.8 Å². The van der Waals surface area contributed by atoms with Crippen LogP contribution in [-0.2, 0) is 16.1 Å². The van der Waals surface area contributed by atoms with Gasteiger partial charge in [-0.3, -0.25) is 9.36 Å². The quantitative estimate of drug-likeness (QED) is 0.812. The van der Waals surface area contributed by atoms with Crippen molar-refractivity contribution in [3.8, 4) is 5.69 Å². The van der Waals surface area contributed by atoms with Crippen molar-refractivity contribution in [2.45, 2.75) is 58.6 Å². The van der Waals surface area contributed by atoms with Crippen LogP contribution in [0.5, 0.6) is 0 Å². The zero-order valence-electron chi connectivity index (χ0n) is 18.5. The number of hydrogen-bond acceptors (Lipinski definition) is 5. The zero-order chi connectivity index (χ0) is 22.1. The van der Waals surface area contributed by atoms with Gasteiger partial charge < -0.3 is 15.0 Å². The van der Waals surface area contributed by atoms with Crippen LogP contribution in [0.3, 0.4) is 0 Å². The Labute approximate surface area is 183 Å². The molecule has 1 aliphatic carbocycles. The Morgan fingerprint density at radius 2 is 2.00 bits per heavy atom. The smallest absolute Gasteiger partial charge is 0.410 e. The van der Waals surface area contributed by atoms with Gasteiger partial charge in [-0.05, 0) is 51.7 Å². The number of hydrogen-bond donors (Lipinski definition) is 1. The number of fused-ring (bicyclic) bond motifs is 1. The fourth-order valence-corrected chi connectivity index (χ4v) is 4.81. The molecule has 0 spiro atoms. The number of likely N-dealkylation sites (tertiary alicyclic amines) is 1. The third-order valence-electron chi connectivity index (χ3n) is 6.28. The molecule has 2 atom stereocenters. The molecule has 0 radical (unpaired) electrons. The number of carbonyl (C=O) groups is 2. The Hall–Kier alpha value is -2.90. The molecule has 1 aromatic heterocycles. The SMILES string of the molecule is CC(C)(C)OC(=O)N1C[C@@H]2CCCC[C@@]2(C(=O)NCc2nncn2-c2ccccc2)C1. The van der Waals surface area contributed by atoms with E-state index in [4.69, 9.17) is 4.74 Å². The van der Waals surface area contributed by atoms with E-state index in [1.807, 2.05) is 55.7 Å². The maximum atomic E-state index is 13.5. The molecule has 31 heavy (non-hydrogen) atoms. The lowest BCUT2D eigenvalue weighted by atomic mass is 9.67. The molecule has 2 aliphatic rings. The van der Waals surface area contributed by atoms with Crippen molar-refractivity contribution in [1.82, 2.24) is 25.0 Å². The molecule has 1 N–H and O–H groups in total. The van der Waals surface area contributed by atoms with Gasteiger partial charge in [0.05, 0.1) is 12.0 Å². The summed E-state index contributed by atoms with van der Waals surface area (Å²) in [6.07, 6.45) is 5.13. The molecule has 0 bridgehead atoms. The van der Waals surface area contributed by atoms with Gasteiger partial charge >= 0.3 is 6.09 Å². The number of ether oxygens (including phenoxy) is 1. The molecule has 8 heteroatoms. The van der Waals surface area contributed by atoms with Crippen LogP contribution in [-0.4, -0.2) is 50.4 Å². The normalized spacial score (nSPS) is 23.3. The molecule has 8 nitrogen and oxygen atoms in total. The maximum Gasteiger partial charge on any atom is 0.410 e. The molecule has 1 saturated heterocycles. The zero-order valence-corrected chi connectivity index (χ0v) is 18.5. The number of nitrogens with zero attached hydrogens (tertiary/aromatic N) is 4. The van der Waals surface area contributed by atoms with Gasteiger partial charge in [0.1, 0.15) is 11.9 Å². The van der Waals surface area contributed by atoms with Gasteiger partial charge in [-0.2, -0.15) is 0 Å². The molecule has 2 amide bonds. The second-order valence-electron chi connectivity index (χ2n) is 9.60. The fourth-order valence-electron chi connectivity index (χ4n) is 4.81. The summed E-state index contributed by atoms with van der Waals surface area (Å²) in [6.45, 7) is 6.85. The molecule has 166 valence electrons. The predicted octanol–water partition coefficient (Wildman–Crippen LogP) is 3.31. The Kier molecular flexibility index (Phi) is 5.73. The van der Waals surface area contributed by atoms with E-state index in [0.717, 1.165) is 31.4 Å². The number of aromatic nitrogens is 3. The standard InChI is InChI=1S/C23H31N5O3/c1-22(2,3)31-21(30)27-14-17-9-7-8-12-23(17,15-27)20(29)24-13-19-26-25-16-28(19)18-10-5-4-6-11-18/h4-6,10-11,16-17H,7-9,12-15H2,1-3H3,(H,24,29)/t17-,23+/m0/s1. The van der Waals surface area contributed by atoms with E-state index in [1.165, 1.54) is 0 Å². The number of carbonyl (C=O) groups excluding carboxylic acids is 2. The molecule has 1 aliphatic heterocycles. The predicted molar refractivity (Wildman–Crippen MR) is 115 cm³/mol. The van der Waals surface area contributed by atoms with Crippen molar-refractivity contribution in [2.24, 2.45) is 11.3 Å². The minimum atomic E-state index is -0.563. The van der Waals surface area contributed by atoms with Crippen molar-refractivity contribution in [3.05, 3.63) is 42.5 Å². The molecule has 2 aromatic rings. The van der Waals surface area contributed by atoms with Crippen LogP contribution in [0.25, 0.3) is 5.69 Å². The first-order valence-corrected chi connectivity index (χ1v) is 11.0. The summed E-state index contributed by atoms with van der Waals surface area (Å²) < 4.78 is 7.44. The number of rotatable bonds is 4. The first-order valence-electron chi connectivity index (χ1n) is 11.0. The molecular weight excluding hydrogens is 394 g/mol. The first-order chi connectivity index (χ1) is 14.8. The number of amides is 2. The first kappa shape index (κ1) is 21.3. The van der Waals surface area contributed by atoms with Gasteiger partial charge in [-0.1, -0.05) is 31.0 Å². The van der Waals surface area contributed by atoms with E-state index in [0.29, 0.717) is 18.9 Å². The summed E-state index contributed by atoms with van der Waals surface area (Å²) in [5.74, 6) is 0.817. The Morgan fingerprint density at radius 1 is 1.23 bits per heavy atom. The van der Waals surface area contributed by atoms with Crippen LogP contribution in [0.2, 0.25) is 0 Å². The molecule has 2 heterocycles. The second kappa shape index (κ2) is 8.32. The highest BCUT2D eigenvalue weighted by Gasteiger charge is 2.54. The van der Waals surface area contributed by atoms with Crippen molar-refractivity contribution < 1.29 is 14.3 Å². The average molecular weight is 426 g/mol. The van der Waals surface area contributed by atoms with Crippen molar-refractivity contribution in [3.63, 3.8) is 0 Å². The van der Waals surface area contributed by atoms with E-state index in [9.17, 15) is 9.59 Å². The van der Waals surface area contributed by atoms with Gasteiger partial charge in [-0.15, -0.1) is 10.2 Å². The summed E-state index contributed by atoms with van der Waals surface area (Å²) in [5, 5.41) is 11.3. The van der Waals surface area contributed by atoms with Crippen molar-refractivity contribution >= 4 is 12.0 Å². The summed E-state index contributed by atoms with van der Waals surface area (Å²) in [4.78, 5) is 27.8. The van der Waals surface area contributed by atoms with Crippen LogP contribution in [0.15, 0.2) is 36.7 Å². The summed E-state index contributed by atoms with van der Waals surface area (Å²) in [5.41, 5.74) is -0.170. The van der Waals surface area contributed by atoms with E-state index >= 15 is 0 Å². The number of para-hydroxylation sites is 1. The van der Waals surface area contributed by atoms with Crippen molar-refractivity contribution in [1.29, 1.82) is 0 Å². The highest BCUT2D eigenvalue weighted by Crippen LogP contribution is 2.47. The maximum absolute atomic E-state index is 13.5. The van der Waals surface area contributed by atoms with Crippen LogP contribution in [0.1, 0.15) is 52.3 Å². The second-order valence-corrected chi connectivity index (χ2v) is 9.60. The summed E-state index contributed by atoms with van der Waals surface area (Å²) >= 11 is 0. The van der Waals surface area contributed by atoms with E-state index in [2.05, 4.69) is 15.5 Å². The Bertz CT molecular complexity index is 936. The lowest BCUT2D eigenvalue weighted by molar-refractivity contribution is -0.134. The van der Waals surface area contributed by atoms with Crippen molar-refractivity contribution in [2.75, 3.05) is 13.1 Å². The van der Waals surface area contributed by atoms with Gasteiger partial charge in [0.25, 0.3) is 0 Å². The fraction of sp³-hybridized carbons (Fsp3) is 0.565. The van der Waals surface area contributed by atoms with Gasteiger partial charge in [0.15, 0.2) is 5.82 Å². The molecule has 4 rings (SSSR count). The van der Waals surface area contributed by atoms with Crippen LogP contribution < -0.4 is 5.32 Å². The van der Waals surface area contributed by atoms with E-state index in [-0.39, 0.29) is 24.5 Å². The van der Waals surface area contributed by atoms with E-state index < -0.39 is 11.0 Å². The number of nitrogens with one attached hydrogen (secondary N) is 1. The lowest BCUT2D eigenvalue weighted by Crippen LogP contribution is -2.48. The Morgan fingerprint density at radius 3 is 2.74 bits per heavy atom. The van der Waals surface area contributed by atoms with E-state index in [1.54, 1.807) is 11.2 Å². The Balaban J connectivity index is 1.47. The topological polar surface area (TPSA) is 89.3 Å². The highest BCUT2D eigenvalue weighted by atomic mass is 16.6. The third-order valence-corrected chi connectivity index (χ3v) is 6.28. The minimum Gasteiger partial charge on any atom is -0.444 e. The molecule has 1 aromatic carbocycles. The monoisotopic (exact) mass is 425 g/mol. The average Bonchev–Trinajstić information content (AvgIpc) is 3.36. The molecular formula is C23H31N5O3.